The Labute approximate surface area is 133 Å². The highest BCUT2D eigenvalue weighted by Crippen LogP contribution is 2.28. The van der Waals surface area contributed by atoms with Gasteiger partial charge in [0, 0.05) is 9.89 Å². The second-order valence-corrected chi connectivity index (χ2v) is 5.93. The van der Waals surface area contributed by atoms with E-state index in [0.717, 1.165) is 15.8 Å². The van der Waals surface area contributed by atoms with Gasteiger partial charge in [-0.25, -0.2) is 0 Å². The molecule has 0 aliphatic carbocycles. The summed E-state index contributed by atoms with van der Waals surface area (Å²) in [5.41, 5.74) is 0.251. The number of hydrogen-bond donors (Lipinski definition) is 2. The Bertz CT molecular complexity index is 553. The molecule has 2 rings (SSSR count). The van der Waals surface area contributed by atoms with E-state index in [1.54, 1.807) is 0 Å². The molecular formula is C17H19BrO3. The Morgan fingerprint density at radius 1 is 0.952 bits per heavy atom. The summed E-state index contributed by atoms with van der Waals surface area (Å²) in [6.45, 7) is 0.192. The molecule has 0 aliphatic rings. The van der Waals surface area contributed by atoms with Crippen LogP contribution in [0.15, 0.2) is 59.1 Å². The Hall–Kier alpha value is -1.36. The SMILES string of the molecule is OCC(CO)(CCOc1cccc(Br)c1)c1ccccc1. The highest BCUT2D eigenvalue weighted by Gasteiger charge is 2.30. The van der Waals surface area contributed by atoms with Gasteiger partial charge in [-0.15, -0.1) is 0 Å². The number of rotatable bonds is 7. The maximum absolute atomic E-state index is 9.75. The number of hydrogen-bond acceptors (Lipinski definition) is 3. The Morgan fingerprint density at radius 2 is 1.67 bits per heavy atom. The van der Waals surface area contributed by atoms with Gasteiger partial charge < -0.3 is 14.9 Å². The zero-order chi connectivity index (χ0) is 15.1. The molecule has 112 valence electrons. The van der Waals surface area contributed by atoms with Gasteiger partial charge in [-0.2, -0.15) is 0 Å². The van der Waals surface area contributed by atoms with Gasteiger partial charge >= 0.3 is 0 Å². The predicted molar refractivity (Wildman–Crippen MR) is 86.5 cm³/mol. The summed E-state index contributed by atoms with van der Waals surface area (Å²) < 4.78 is 6.67. The van der Waals surface area contributed by atoms with Crippen molar-refractivity contribution in [3.8, 4) is 5.75 Å². The van der Waals surface area contributed by atoms with E-state index in [1.807, 2.05) is 54.6 Å². The van der Waals surface area contributed by atoms with Crippen molar-refractivity contribution in [1.82, 2.24) is 0 Å². The molecule has 2 N–H and O–H groups in total. The molecule has 0 spiro atoms. The largest absolute Gasteiger partial charge is 0.494 e. The van der Waals surface area contributed by atoms with Gasteiger partial charge in [-0.1, -0.05) is 52.3 Å². The van der Waals surface area contributed by atoms with Gasteiger partial charge in [-0.3, -0.25) is 0 Å². The van der Waals surface area contributed by atoms with Crippen LogP contribution in [0, 0.1) is 0 Å². The predicted octanol–water partition coefficient (Wildman–Crippen LogP) is 3.14. The Kier molecular flexibility index (Phi) is 5.79. The lowest BCUT2D eigenvalue weighted by atomic mass is 9.79. The summed E-state index contributed by atoms with van der Waals surface area (Å²) in [6.07, 6.45) is 0.538. The minimum absolute atomic E-state index is 0.116. The first-order chi connectivity index (χ1) is 10.2. The van der Waals surface area contributed by atoms with Gasteiger partial charge in [0.2, 0.25) is 0 Å². The Balaban J connectivity index is 2.04. The number of aliphatic hydroxyl groups is 2. The molecule has 0 amide bonds. The van der Waals surface area contributed by atoms with E-state index in [-0.39, 0.29) is 13.2 Å². The van der Waals surface area contributed by atoms with E-state index in [1.165, 1.54) is 0 Å². The fourth-order valence-electron chi connectivity index (χ4n) is 2.25. The first-order valence-electron chi connectivity index (χ1n) is 6.86. The summed E-state index contributed by atoms with van der Waals surface area (Å²) in [4.78, 5) is 0. The molecule has 0 unspecified atom stereocenters. The van der Waals surface area contributed by atoms with E-state index >= 15 is 0 Å². The Morgan fingerprint density at radius 3 is 2.29 bits per heavy atom. The molecule has 21 heavy (non-hydrogen) atoms. The highest BCUT2D eigenvalue weighted by atomic mass is 79.9. The highest BCUT2D eigenvalue weighted by molar-refractivity contribution is 9.10. The van der Waals surface area contributed by atoms with Crippen LogP contribution in [0.2, 0.25) is 0 Å². The molecule has 0 fully saturated rings. The standard InChI is InChI=1S/C17H19BrO3/c18-15-7-4-8-16(11-15)21-10-9-17(12-19,13-20)14-5-2-1-3-6-14/h1-8,11,19-20H,9-10,12-13H2. The van der Waals surface area contributed by atoms with Gasteiger partial charge in [0.15, 0.2) is 0 Å². The fraction of sp³-hybridized carbons (Fsp3) is 0.294. The molecular weight excluding hydrogens is 332 g/mol. The van der Waals surface area contributed by atoms with Gasteiger partial charge in [0.25, 0.3) is 0 Å². The van der Waals surface area contributed by atoms with Crippen molar-refractivity contribution in [3.05, 3.63) is 64.6 Å². The number of benzene rings is 2. The van der Waals surface area contributed by atoms with E-state index in [4.69, 9.17) is 4.74 Å². The maximum Gasteiger partial charge on any atom is 0.120 e. The lowest BCUT2D eigenvalue weighted by Crippen LogP contribution is -2.36. The van der Waals surface area contributed by atoms with Crippen LogP contribution in [0.25, 0.3) is 0 Å². The molecule has 0 heterocycles. The second kappa shape index (κ2) is 7.59. The normalized spacial score (nSPS) is 11.4. The monoisotopic (exact) mass is 350 g/mol. The van der Waals surface area contributed by atoms with E-state index in [0.29, 0.717) is 13.0 Å². The second-order valence-electron chi connectivity index (χ2n) is 5.02. The number of aliphatic hydroxyl groups excluding tert-OH is 2. The lowest BCUT2D eigenvalue weighted by molar-refractivity contribution is 0.0951. The van der Waals surface area contributed by atoms with E-state index < -0.39 is 5.41 Å². The van der Waals surface area contributed by atoms with Crippen LogP contribution < -0.4 is 4.74 Å². The zero-order valence-corrected chi connectivity index (χ0v) is 13.3. The van der Waals surface area contributed by atoms with Crippen LogP contribution in [0.3, 0.4) is 0 Å². The van der Waals surface area contributed by atoms with Crippen molar-refractivity contribution in [1.29, 1.82) is 0 Å². The summed E-state index contributed by atoms with van der Waals surface area (Å²) in [5, 5.41) is 19.5. The molecule has 0 atom stereocenters. The van der Waals surface area contributed by atoms with Crippen molar-refractivity contribution >= 4 is 15.9 Å². The zero-order valence-electron chi connectivity index (χ0n) is 11.7. The first-order valence-corrected chi connectivity index (χ1v) is 7.65. The number of ether oxygens (including phenoxy) is 1. The van der Waals surface area contributed by atoms with Crippen molar-refractivity contribution in [2.75, 3.05) is 19.8 Å². The molecule has 2 aromatic rings. The van der Waals surface area contributed by atoms with Gasteiger partial charge in [-0.05, 0) is 30.2 Å². The smallest absolute Gasteiger partial charge is 0.120 e. The van der Waals surface area contributed by atoms with Crippen molar-refractivity contribution in [3.63, 3.8) is 0 Å². The molecule has 3 nitrogen and oxygen atoms in total. The van der Waals surface area contributed by atoms with E-state index in [9.17, 15) is 10.2 Å². The van der Waals surface area contributed by atoms with Crippen molar-refractivity contribution in [2.45, 2.75) is 11.8 Å². The lowest BCUT2D eigenvalue weighted by Gasteiger charge is -2.30. The first kappa shape index (κ1) is 16.0. The molecule has 0 bridgehead atoms. The van der Waals surface area contributed by atoms with E-state index in [2.05, 4.69) is 15.9 Å². The third-order valence-corrected chi connectivity index (χ3v) is 4.13. The van der Waals surface area contributed by atoms with Crippen LogP contribution in [-0.2, 0) is 5.41 Å². The molecule has 0 radical (unpaired) electrons. The minimum atomic E-state index is -0.673. The third kappa shape index (κ3) is 4.06. The van der Waals surface area contributed by atoms with Crippen molar-refractivity contribution in [2.24, 2.45) is 0 Å². The average Bonchev–Trinajstić information content (AvgIpc) is 2.53. The summed E-state index contributed by atoms with van der Waals surface area (Å²) in [5.74, 6) is 0.766. The summed E-state index contributed by atoms with van der Waals surface area (Å²) >= 11 is 3.40. The maximum atomic E-state index is 9.75. The van der Waals surface area contributed by atoms with Gasteiger partial charge in [0.05, 0.1) is 19.8 Å². The fourth-order valence-corrected chi connectivity index (χ4v) is 2.63. The molecule has 0 saturated heterocycles. The molecule has 4 heteroatoms. The van der Waals surface area contributed by atoms with Crippen LogP contribution in [-0.4, -0.2) is 30.0 Å². The average molecular weight is 351 g/mol. The topological polar surface area (TPSA) is 49.7 Å². The summed E-state index contributed by atoms with van der Waals surface area (Å²) in [6, 6.07) is 17.2. The van der Waals surface area contributed by atoms with Gasteiger partial charge in [0.1, 0.15) is 5.75 Å². The summed E-state index contributed by atoms with van der Waals surface area (Å²) in [7, 11) is 0. The van der Waals surface area contributed by atoms with Crippen LogP contribution in [0.1, 0.15) is 12.0 Å². The molecule has 0 aromatic heterocycles. The van der Waals surface area contributed by atoms with Crippen molar-refractivity contribution < 1.29 is 14.9 Å². The molecule has 2 aromatic carbocycles. The van der Waals surface area contributed by atoms with Crippen LogP contribution in [0.5, 0.6) is 5.75 Å². The third-order valence-electron chi connectivity index (χ3n) is 3.64. The molecule has 0 saturated carbocycles. The quantitative estimate of drug-likeness (QED) is 0.806. The number of halogens is 1. The van der Waals surface area contributed by atoms with Crippen LogP contribution >= 0.6 is 15.9 Å². The van der Waals surface area contributed by atoms with Crippen LogP contribution in [0.4, 0.5) is 0 Å². The minimum Gasteiger partial charge on any atom is -0.494 e. The molecule has 0 aliphatic heterocycles.